The summed E-state index contributed by atoms with van der Waals surface area (Å²) in [6.07, 6.45) is 4.08. The van der Waals surface area contributed by atoms with Gasteiger partial charge in [-0.25, -0.2) is 0 Å². The second-order valence-corrected chi connectivity index (χ2v) is 2.05. The summed E-state index contributed by atoms with van der Waals surface area (Å²) in [4.78, 5) is 2.63. The number of rotatable bonds is 2. The van der Waals surface area contributed by atoms with Crippen molar-refractivity contribution in [1.29, 1.82) is 0 Å². The fraction of sp³-hybridized carbons (Fsp3) is 0.667. The first-order valence-electron chi connectivity index (χ1n) is 3.26. The fourth-order valence-electron chi connectivity index (χ4n) is 0.820. The number of hydrogen-bond acceptors (Lipinski definition) is 2. The third-order valence-corrected chi connectivity index (χ3v) is 1.30. The molecular weight excluding hydrogens is 130 g/mol. The van der Waals surface area contributed by atoms with Crippen LogP contribution in [0.15, 0.2) is 16.9 Å². The molecule has 54 valence electrons. The van der Waals surface area contributed by atoms with E-state index in [0.29, 0.717) is 6.54 Å². The van der Waals surface area contributed by atoms with Crippen LogP contribution in [0.2, 0.25) is 0 Å². The molecule has 1 heterocycles. The standard InChI is InChI=1S/C6H9N3O/c7-9-8-5-6-3-1-2-4-10-6/h3H,1-2,4-5H2. The average Bonchev–Trinajstić information content (AvgIpc) is 2.03. The molecule has 0 radical (unpaired) electrons. The van der Waals surface area contributed by atoms with Crippen molar-refractivity contribution in [2.45, 2.75) is 12.8 Å². The molecule has 0 unspecified atom stereocenters. The van der Waals surface area contributed by atoms with Crippen LogP contribution in [-0.4, -0.2) is 13.2 Å². The molecule has 0 aliphatic carbocycles. The Morgan fingerprint density at radius 1 is 1.80 bits per heavy atom. The molecule has 0 aromatic carbocycles. The lowest BCUT2D eigenvalue weighted by atomic mass is 10.2. The van der Waals surface area contributed by atoms with E-state index in [2.05, 4.69) is 10.0 Å². The minimum atomic E-state index is 0.358. The van der Waals surface area contributed by atoms with Gasteiger partial charge in [0.15, 0.2) is 0 Å². The molecule has 0 saturated heterocycles. The zero-order valence-corrected chi connectivity index (χ0v) is 5.66. The van der Waals surface area contributed by atoms with Crippen LogP contribution < -0.4 is 0 Å². The fourth-order valence-corrected chi connectivity index (χ4v) is 0.820. The highest BCUT2D eigenvalue weighted by Gasteiger charge is 2.01. The molecule has 0 atom stereocenters. The van der Waals surface area contributed by atoms with E-state index in [1.165, 1.54) is 0 Å². The molecule has 0 spiro atoms. The van der Waals surface area contributed by atoms with Gasteiger partial charge in [-0.15, -0.1) is 0 Å². The van der Waals surface area contributed by atoms with Gasteiger partial charge >= 0.3 is 0 Å². The molecule has 0 amide bonds. The van der Waals surface area contributed by atoms with Gasteiger partial charge in [0, 0.05) is 4.91 Å². The number of hydrogen-bond donors (Lipinski definition) is 0. The zero-order valence-electron chi connectivity index (χ0n) is 5.66. The Hall–Kier alpha value is -1.15. The van der Waals surface area contributed by atoms with E-state index in [4.69, 9.17) is 10.3 Å². The predicted molar refractivity (Wildman–Crippen MR) is 37.3 cm³/mol. The van der Waals surface area contributed by atoms with Crippen LogP contribution in [0.5, 0.6) is 0 Å². The van der Waals surface area contributed by atoms with Crippen LogP contribution in [-0.2, 0) is 4.74 Å². The van der Waals surface area contributed by atoms with Crippen molar-refractivity contribution < 1.29 is 4.74 Å². The zero-order chi connectivity index (χ0) is 7.23. The van der Waals surface area contributed by atoms with Crippen LogP contribution in [0.3, 0.4) is 0 Å². The number of azide groups is 1. The minimum Gasteiger partial charge on any atom is -0.498 e. The molecule has 0 fully saturated rings. The first-order valence-corrected chi connectivity index (χ1v) is 3.26. The highest BCUT2D eigenvalue weighted by Crippen LogP contribution is 2.09. The molecule has 1 rings (SSSR count). The highest BCUT2D eigenvalue weighted by molar-refractivity contribution is 4.97. The van der Waals surface area contributed by atoms with E-state index < -0.39 is 0 Å². The maximum atomic E-state index is 7.97. The van der Waals surface area contributed by atoms with E-state index in [-0.39, 0.29) is 0 Å². The molecule has 0 N–H and O–H groups in total. The van der Waals surface area contributed by atoms with Crippen molar-refractivity contribution in [2.75, 3.05) is 13.2 Å². The number of nitrogens with zero attached hydrogens (tertiary/aromatic N) is 3. The van der Waals surface area contributed by atoms with Crippen molar-refractivity contribution in [2.24, 2.45) is 5.11 Å². The van der Waals surface area contributed by atoms with Gasteiger partial charge in [0.1, 0.15) is 0 Å². The molecule has 1 aliphatic rings. The van der Waals surface area contributed by atoms with E-state index in [0.717, 1.165) is 25.2 Å². The lowest BCUT2D eigenvalue weighted by Gasteiger charge is -2.12. The monoisotopic (exact) mass is 139 g/mol. The van der Waals surface area contributed by atoms with Crippen molar-refractivity contribution >= 4 is 0 Å². The summed E-state index contributed by atoms with van der Waals surface area (Å²) in [5.41, 5.74) is 7.97. The van der Waals surface area contributed by atoms with E-state index in [9.17, 15) is 0 Å². The van der Waals surface area contributed by atoms with Crippen molar-refractivity contribution in [1.82, 2.24) is 0 Å². The van der Waals surface area contributed by atoms with Gasteiger partial charge in [-0.3, -0.25) is 0 Å². The molecular formula is C6H9N3O. The Morgan fingerprint density at radius 3 is 3.30 bits per heavy atom. The Kier molecular flexibility index (Phi) is 2.64. The van der Waals surface area contributed by atoms with Gasteiger partial charge in [0.2, 0.25) is 0 Å². The van der Waals surface area contributed by atoms with Crippen molar-refractivity contribution in [3.8, 4) is 0 Å². The van der Waals surface area contributed by atoms with Gasteiger partial charge < -0.3 is 4.74 Å². The summed E-state index contributed by atoms with van der Waals surface area (Å²) in [5.74, 6) is 0.809. The molecule has 10 heavy (non-hydrogen) atoms. The molecule has 4 heteroatoms. The summed E-state index contributed by atoms with van der Waals surface area (Å²) < 4.78 is 5.18. The van der Waals surface area contributed by atoms with Crippen LogP contribution >= 0.6 is 0 Å². The number of ether oxygens (including phenoxy) is 1. The van der Waals surface area contributed by atoms with Crippen LogP contribution in [0, 0.1) is 0 Å². The van der Waals surface area contributed by atoms with Gasteiger partial charge in [0.05, 0.1) is 18.9 Å². The largest absolute Gasteiger partial charge is 0.498 e. The lowest BCUT2D eigenvalue weighted by Crippen LogP contribution is -2.02. The molecule has 0 aromatic rings. The summed E-state index contributed by atoms with van der Waals surface area (Å²) in [6, 6.07) is 0. The smallest absolute Gasteiger partial charge is 0.0978 e. The SMILES string of the molecule is [N-]=[N+]=NCC1=CCCCO1. The molecule has 4 nitrogen and oxygen atoms in total. The van der Waals surface area contributed by atoms with Crippen molar-refractivity contribution in [3.05, 3.63) is 22.3 Å². The summed E-state index contributed by atoms with van der Waals surface area (Å²) in [5, 5.41) is 3.38. The Balaban J connectivity index is 2.38. The highest BCUT2D eigenvalue weighted by atomic mass is 16.5. The molecule has 1 aliphatic heterocycles. The minimum absolute atomic E-state index is 0.358. The molecule has 0 bridgehead atoms. The first kappa shape index (κ1) is 6.96. The third-order valence-electron chi connectivity index (χ3n) is 1.30. The lowest BCUT2D eigenvalue weighted by molar-refractivity contribution is 0.191. The van der Waals surface area contributed by atoms with Gasteiger partial charge in [0.25, 0.3) is 0 Å². The van der Waals surface area contributed by atoms with E-state index in [1.807, 2.05) is 6.08 Å². The molecule has 0 saturated carbocycles. The van der Waals surface area contributed by atoms with Crippen molar-refractivity contribution in [3.63, 3.8) is 0 Å². The summed E-state index contributed by atoms with van der Waals surface area (Å²) >= 11 is 0. The molecule has 0 aromatic heterocycles. The quantitative estimate of drug-likeness (QED) is 0.328. The van der Waals surface area contributed by atoms with Gasteiger partial charge in [-0.1, -0.05) is 5.11 Å². The summed E-state index contributed by atoms with van der Waals surface area (Å²) in [6.45, 7) is 1.11. The normalized spacial score (nSPS) is 16.6. The Labute approximate surface area is 59.1 Å². The van der Waals surface area contributed by atoms with Crippen LogP contribution in [0.25, 0.3) is 10.4 Å². The maximum absolute atomic E-state index is 7.97. The van der Waals surface area contributed by atoms with Crippen LogP contribution in [0.1, 0.15) is 12.8 Å². The van der Waals surface area contributed by atoms with Crippen LogP contribution in [0.4, 0.5) is 0 Å². The Morgan fingerprint density at radius 2 is 2.70 bits per heavy atom. The summed E-state index contributed by atoms with van der Waals surface area (Å²) in [7, 11) is 0. The third kappa shape index (κ3) is 1.99. The second-order valence-electron chi connectivity index (χ2n) is 2.05. The maximum Gasteiger partial charge on any atom is 0.0978 e. The van der Waals surface area contributed by atoms with Gasteiger partial charge in [-0.2, -0.15) is 0 Å². The number of allylic oxidation sites excluding steroid dienone is 1. The topological polar surface area (TPSA) is 58.0 Å². The Bertz CT molecular complexity index is 181. The average molecular weight is 139 g/mol. The van der Waals surface area contributed by atoms with Gasteiger partial charge in [-0.05, 0) is 24.4 Å². The van der Waals surface area contributed by atoms with E-state index in [1.54, 1.807) is 0 Å². The predicted octanol–water partition coefficient (Wildman–Crippen LogP) is 1.99. The first-order chi connectivity index (χ1) is 4.93. The second kappa shape index (κ2) is 3.80. The van der Waals surface area contributed by atoms with E-state index >= 15 is 0 Å².